The van der Waals surface area contributed by atoms with Gasteiger partial charge in [-0.05, 0) is 41.7 Å². The third-order valence-corrected chi connectivity index (χ3v) is 4.04. The highest BCUT2D eigenvalue weighted by molar-refractivity contribution is 7.07. The van der Waals surface area contributed by atoms with Gasteiger partial charge < -0.3 is 5.32 Å². The Balaban J connectivity index is 1.81. The first-order chi connectivity index (χ1) is 8.05. The average molecular weight is 263 g/mol. The Morgan fingerprint density at radius 1 is 1.35 bits per heavy atom. The Morgan fingerprint density at radius 2 is 2.18 bits per heavy atom. The summed E-state index contributed by atoms with van der Waals surface area (Å²) >= 11 is 1.61. The van der Waals surface area contributed by atoms with Gasteiger partial charge in [-0.1, -0.05) is 6.42 Å². The molecule has 1 saturated carbocycles. The monoisotopic (exact) mass is 263 g/mol. The molecule has 5 heteroatoms. The van der Waals surface area contributed by atoms with Crippen LogP contribution in [0.1, 0.15) is 31.2 Å². The molecule has 2 rings (SSSR count). The molecule has 0 spiro atoms. The summed E-state index contributed by atoms with van der Waals surface area (Å²) in [5.41, 5.74) is 1.16. The predicted octanol–water partition coefficient (Wildman–Crippen LogP) is 3.96. The Bertz CT molecular complexity index is 334. The molecule has 96 valence electrons. The average Bonchev–Trinajstić information content (AvgIpc) is 2.78. The van der Waals surface area contributed by atoms with E-state index in [9.17, 15) is 13.2 Å². The standard InChI is InChI=1S/C12H16F3NS/c13-12(14,15)10-2-1-3-11(6-10)16-7-9-4-5-17-8-9/h4-5,8,10-11,16H,1-3,6-7H2. The van der Waals surface area contributed by atoms with Gasteiger partial charge in [-0.2, -0.15) is 24.5 Å². The van der Waals surface area contributed by atoms with Crippen LogP contribution in [0.15, 0.2) is 16.8 Å². The highest BCUT2D eigenvalue weighted by atomic mass is 32.1. The first-order valence-electron chi connectivity index (χ1n) is 5.87. The topological polar surface area (TPSA) is 12.0 Å². The van der Waals surface area contributed by atoms with Crippen LogP contribution in [-0.4, -0.2) is 12.2 Å². The molecule has 0 radical (unpaired) electrons. The fraction of sp³-hybridized carbons (Fsp3) is 0.667. The number of hydrogen-bond acceptors (Lipinski definition) is 2. The molecule has 1 heterocycles. The largest absolute Gasteiger partial charge is 0.391 e. The Labute approximate surface area is 103 Å². The van der Waals surface area contributed by atoms with Crippen molar-refractivity contribution in [1.29, 1.82) is 0 Å². The van der Waals surface area contributed by atoms with Crippen molar-refractivity contribution in [1.82, 2.24) is 5.32 Å². The third-order valence-electron chi connectivity index (χ3n) is 3.31. The van der Waals surface area contributed by atoms with E-state index in [1.807, 2.05) is 16.8 Å². The first kappa shape index (κ1) is 12.9. The molecule has 0 aromatic carbocycles. The maximum absolute atomic E-state index is 12.6. The fourth-order valence-corrected chi connectivity index (χ4v) is 3.00. The second kappa shape index (κ2) is 5.40. The summed E-state index contributed by atoms with van der Waals surface area (Å²) in [6, 6.07) is 2.01. The number of hydrogen-bond donors (Lipinski definition) is 1. The van der Waals surface area contributed by atoms with Gasteiger partial charge in [0.1, 0.15) is 0 Å². The van der Waals surface area contributed by atoms with Crippen LogP contribution in [-0.2, 0) is 6.54 Å². The third kappa shape index (κ3) is 3.71. The van der Waals surface area contributed by atoms with E-state index in [0.717, 1.165) is 12.0 Å². The minimum atomic E-state index is -4.03. The number of thiophene rings is 1. The molecule has 0 bridgehead atoms. The minimum absolute atomic E-state index is 0.00951. The van der Waals surface area contributed by atoms with Gasteiger partial charge in [0.2, 0.25) is 0 Å². The highest BCUT2D eigenvalue weighted by Crippen LogP contribution is 2.37. The van der Waals surface area contributed by atoms with Gasteiger partial charge in [-0.15, -0.1) is 0 Å². The maximum Gasteiger partial charge on any atom is 0.391 e. The summed E-state index contributed by atoms with van der Waals surface area (Å²) in [6.07, 6.45) is -1.97. The van der Waals surface area contributed by atoms with Crippen molar-refractivity contribution in [2.24, 2.45) is 5.92 Å². The molecule has 1 aliphatic carbocycles. The van der Waals surface area contributed by atoms with Crippen molar-refractivity contribution in [3.05, 3.63) is 22.4 Å². The predicted molar refractivity (Wildman–Crippen MR) is 63.0 cm³/mol. The SMILES string of the molecule is FC(F)(F)C1CCCC(NCc2ccsc2)C1. The van der Waals surface area contributed by atoms with Crippen molar-refractivity contribution in [3.63, 3.8) is 0 Å². The molecule has 1 N–H and O–H groups in total. The van der Waals surface area contributed by atoms with Gasteiger partial charge in [-0.25, -0.2) is 0 Å². The zero-order valence-electron chi connectivity index (χ0n) is 9.46. The number of rotatable bonds is 3. The normalized spacial score (nSPS) is 26.1. The first-order valence-corrected chi connectivity index (χ1v) is 6.81. The highest BCUT2D eigenvalue weighted by Gasteiger charge is 2.41. The summed E-state index contributed by atoms with van der Waals surface area (Å²) in [4.78, 5) is 0. The zero-order chi connectivity index (χ0) is 12.3. The van der Waals surface area contributed by atoms with Gasteiger partial charge in [0, 0.05) is 12.6 Å². The smallest absolute Gasteiger partial charge is 0.310 e. The van der Waals surface area contributed by atoms with Gasteiger partial charge >= 0.3 is 6.18 Å². The van der Waals surface area contributed by atoms with Crippen LogP contribution in [0.2, 0.25) is 0 Å². The van der Waals surface area contributed by atoms with E-state index < -0.39 is 12.1 Å². The van der Waals surface area contributed by atoms with Crippen LogP contribution in [0, 0.1) is 5.92 Å². The molecule has 0 saturated heterocycles. The van der Waals surface area contributed by atoms with Crippen LogP contribution in [0.4, 0.5) is 13.2 Å². The van der Waals surface area contributed by atoms with Crippen molar-refractivity contribution in [3.8, 4) is 0 Å². The summed E-state index contributed by atoms with van der Waals surface area (Å²) in [6.45, 7) is 0.679. The van der Waals surface area contributed by atoms with E-state index in [1.165, 1.54) is 0 Å². The van der Waals surface area contributed by atoms with Crippen LogP contribution >= 0.6 is 11.3 Å². The quantitative estimate of drug-likeness (QED) is 0.870. The van der Waals surface area contributed by atoms with Crippen LogP contribution < -0.4 is 5.32 Å². The molecular formula is C12H16F3NS. The molecule has 0 amide bonds. The van der Waals surface area contributed by atoms with Gasteiger partial charge in [-0.3, -0.25) is 0 Å². The summed E-state index contributed by atoms with van der Waals surface area (Å²) in [5, 5.41) is 7.24. The van der Waals surface area contributed by atoms with E-state index in [0.29, 0.717) is 19.4 Å². The maximum atomic E-state index is 12.6. The fourth-order valence-electron chi connectivity index (χ4n) is 2.33. The molecule has 2 unspecified atom stereocenters. The van der Waals surface area contributed by atoms with Gasteiger partial charge in [0.25, 0.3) is 0 Å². The van der Waals surface area contributed by atoms with Crippen molar-refractivity contribution in [2.45, 2.75) is 44.4 Å². The summed E-state index contributed by atoms with van der Waals surface area (Å²) in [5.74, 6) is -1.11. The lowest BCUT2D eigenvalue weighted by atomic mass is 9.85. The zero-order valence-corrected chi connectivity index (χ0v) is 10.3. The molecule has 17 heavy (non-hydrogen) atoms. The number of alkyl halides is 3. The van der Waals surface area contributed by atoms with Crippen molar-refractivity contribution in [2.75, 3.05) is 0 Å². The van der Waals surface area contributed by atoms with Gasteiger partial charge in [0.05, 0.1) is 5.92 Å². The molecule has 1 fully saturated rings. The second-order valence-electron chi connectivity index (χ2n) is 4.61. The van der Waals surface area contributed by atoms with Gasteiger partial charge in [0.15, 0.2) is 0 Å². The number of halogens is 3. The van der Waals surface area contributed by atoms with E-state index >= 15 is 0 Å². The molecule has 0 aliphatic heterocycles. The van der Waals surface area contributed by atoms with Crippen molar-refractivity contribution < 1.29 is 13.2 Å². The van der Waals surface area contributed by atoms with Crippen LogP contribution in [0.3, 0.4) is 0 Å². The lowest BCUT2D eigenvalue weighted by Gasteiger charge is -2.31. The molecule has 1 nitrogen and oxygen atoms in total. The molecule has 2 atom stereocenters. The van der Waals surface area contributed by atoms with Crippen molar-refractivity contribution >= 4 is 11.3 Å². The van der Waals surface area contributed by atoms with Crippen LogP contribution in [0.5, 0.6) is 0 Å². The Morgan fingerprint density at radius 3 is 2.82 bits per heavy atom. The molecule has 1 aromatic rings. The van der Waals surface area contributed by atoms with E-state index in [4.69, 9.17) is 0 Å². The van der Waals surface area contributed by atoms with E-state index in [1.54, 1.807) is 11.3 Å². The van der Waals surface area contributed by atoms with E-state index in [2.05, 4.69) is 5.32 Å². The number of nitrogens with one attached hydrogen (secondary N) is 1. The lowest BCUT2D eigenvalue weighted by molar-refractivity contribution is -0.183. The minimum Gasteiger partial charge on any atom is -0.310 e. The summed E-state index contributed by atoms with van der Waals surface area (Å²) in [7, 11) is 0. The Hall–Kier alpha value is -0.550. The lowest BCUT2D eigenvalue weighted by Crippen LogP contribution is -2.38. The Kier molecular flexibility index (Phi) is 4.09. The van der Waals surface area contributed by atoms with Crippen LogP contribution in [0.25, 0.3) is 0 Å². The molecular weight excluding hydrogens is 247 g/mol. The second-order valence-corrected chi connectivity index (χ2v) is 5.39. The van der Waals surface area contributed by atoms with E-state index in [-0.39, 0.29) is 12.5 Å². The molecule has 1 aromatic heterocycles. The molecule has 1 aliphatic rings. The summed E-state index contributed by atoms with van der Waals surface area (Å²) < 4.78 is 37.8.